The van der Waals surface area contributed by atoms with E-state index in [0.29, 0.717) is 5.92 Å². The number of ether oxygens (including phenoxy) is 1. The molecule has 2 aliphatic rings. The van der Waals surface area contributed by atoms with E-state index in [9.17, 15) is 4.39 Å². The largest absolute Gasteiger partial charge is 0.379 e. The molecule has 2 atom stereocenters. The smallest absolute Gasteiger partial charge is 0.191 e. The van der Waals surface area contributed by atoms with Crippen molar-refractivity contribution in [3.63, 3.8) is 0 Å². The van der Waals surface area contributed by atoms with E-state index in [2.05, 4.69) is 32.5 Å². The molecule has 1 aromatic carbocycles. The molecule has 2 fully saturated rings. The topological polar surface area (TPSA) is 52.1 Å². The third-order valence-corrected chi connectivity index (χ3v) is 5.95. The van der Waals surface area contributed by atoms with Crippen LogP contribution in [0.15, 0.2) is 23.2 Å². The van der Waals surface area contributed by atoms with Gasteiger partial charge in [-0.15, -0.1) is 0 Å². The predicted octanol–water partition coefficient (Wildman–Crippen LogP) is 1.97. The lowest BCUT2D eigenvalue weighted by Gasteiger charge is -2.28. The number of nitrogens with zero attached hydrogens (tertiary/aromatic N) is 3. The number of halogens is 2. The Hall–Kier alpha value is -1.41. The molecule has 0 radical (unpaired) electrons. The van der Waals surface area contributed by atoms with E-state index in [1.807, 2.05) is 6.07 Å². The highest BCUT2D eigenvalue weighted by Gasteiger charge is 2.33. The monoisotopic (exact) mass is 411 g/mol. The molecule has 0 amide bonds. The molecule has 0 aliphatic carbocycles. The molecule has 2 N–H and O–H groups in total. The number of benzene rings is 1. The standard InChI is InChI=1S/C20H31ClFN5O/c1-23-20(24-6-8-27-9-11-28-12-10-27)25-14-16-5-7-26(2)19(16)15-3-4-17(21)18(22)13-15/h3-4,13,16,19H,5-12,14H2,1-2H3,(H2,23,24,25). The van der Waals surface area contributed by atoms with Crippen molar-refractivity contribution in [2.24, 2.45) is 10.9 Å². The molecule has 6 nitrogen and oxygen atoms in total. The first-order valence-corrected chi connectivity index (χ1v) is 10.4. The maximum atomic E-state index is 13.9. The highest BCUT2D eigenvalue weighted by molar-refractivity contribution is 6.30. The van der Waals surface area contributed by atoms with Gasteiger partial charge >= 0.3 is 0 Å². The molecule has 2 heterocycles. The molecular formula is C20H31ClFN5O. The van der Waals surface area contributed by atoms with Gasteiger partial charge in [0.2, 0.25) is 0 Å². The summed E-state index contributed by atoms with van der Waals surface area (Å²) in [6, 6.07) is 5.32. The second kappa shape index (κ2) is 10.4. The summed E-state index contributed by atoms with van der Waals surface area (Å²) >= 11 is 5.85. The Morgan fingerprint density at radius 1 is 1.29 bits per heavy atom. The minimum Gasteiger partial charge on any atom is -0.379 e. The second-order valence-corrected chi connectivity index (χ2v) is 7.89. The van der Waals surface area contributed by atoms with Gasteiger partial charge in [-0.3, -0.25) is 14.8 Å². The number of rotatable bonds is 6. The van der Waals surface area contributed by atoms with Crippen LogP contribution in [-0.2, 0) is 4.74 Å². The Bertz CT molecular complexity index is 668. The number of nitrogens with one attached hydrogen (secondary N) is 2. The number of aliphatic imine (C=N–C) groups is 1. The summed E-state index contributed by atoms with van der Waals surface area (Å²) in [5.41, 5.74) is 0.976. The van der Waals surface area contributed by atoms with Gasteiger partial charge in [0.15, 0.2) is 5.96 Å². The van der Waals surface area contributed by atoms with Crippen molar-refractivity contribution >= 4 is 17.6 Å². The van der Waals surface area contributed by atoms with Crippen LogP contribution >= 0.6 is 11.6 Å². The summed E-state index contributed by atoms with van der Waals surface area (Å²) in [6.07, 6.45) is 1.06. The summed E-state index contributed by atoms with van der Waals surface area (Å²) < 4.78 is 19.3. The van der Waals surface area contributed by atoms with Crippen molar-refractivity contribution in [1.82, 2.24) is 20.4 Å². The van der Waals surface area contributed by atoms with Gasteiger partial charge in [-0.1, -0.05) is 17.7 Å². The molecule has 156 valence electrons. The molecule has 0 spiro atoms. The summed E-state index contributed by atoms with van der Waals surface area (Å²) in [5, 5.41) is 7.00. The maximum Gasteiger partial charge on any atom is 0.191 e. The van der Waals surface area contributed by atoms with Crippen LogP contribution in [0.5, 0.6) is 0 Å². The normalized spacial score (nSPS) is 24.5. The van der Waals surface area contributed by atoms with Crippen LogP contribution < -0.4 is 10.6 Å². The summed E-state index contributed by atoms with van der Waals surface area (Å²) in [7, 11) is 3.88. The van der Waals surface area contributed by atoms with Crippen molar-refractivity contribution in [3.8, 4) is 0 Å². The fraction of sp³-hybridized carbons (Fsp3) is 0.650. The molecule has 28 heavy (non-hydrogen) atoms. The van der Waals surface area contributed by atoms with Crippen LogP contribution in [0.25, 0.3) is 0 Å². The average Bonchev–Trinajstić information content (AvgIpc) is 3.08. The molecule has 1 aromatic rings. The number of likely N-dealkylation sites (tertiary alicyclic amines) is 1. The van der Waals surface area contributed by atoms with E-state index in [1.165, 1.54) is 0 Å². The van der Waals surface area contributed by atoms with Crippen molar-refractivity contribution in [1.29, 1.82) is 0 Å². The molecule has 0 saturated carbocycles. The van der Waals surface area contributed by atoms with Gasteiger partial charge in [-0.05, 0) is 43.6 Å². The Morgan fingerprint density at radius 2 is 2.07 bits per heavy atom. The number of morpholine rings is 1. The fourth-order valence-corrected chi connectivity index (χ4v) is 4.19. The SMILES string of the molecule is CN=C(NCCN1CCOCC1)NCC1CCN(C)C1c1ccc(Cl)c(F)c1. The first-order valence-electron chi connectivity index (χ1n) is 9.98. The summed E-state index contributed by atoms with van der Waals surface area (Å²) in [5.74, 6) is 0.832. The van der Waals surface area contributed by atoms with Crippen LogP contribution in [-0.4, -0.2) is 82.3 Å². The molecule has 0 bridgehead atoms. The van der Waals surface area contributed by atoms with Gasteiger partial charge in [-0.2, -0.15) is 0 Å². The molecule has 2 aliphatic heterocycles. The molecule has 0 aromatic heterocycles. The van der Waals surface area contributed by atoms with Crippen molar-refractivity contribution in [2.75, 3.05) is 66.6 Å². The predicted molar refractivity (Wildman–Crippen MR) is 112 cm³/mol. The number of guanidine groups is 1. The summed E-state index contributed by atoms with van der Waals surface area (Å²) in [4.78, 5) is 9.01. The third-order valence-electron chi connectivity index (χ3n) is 5.64. The van der Waals surface area contributed by atoms with Crippen LogP contribution in [0.2, 0.25) is 5.02 Å². The lowest BCUT2D eigenvalue weighted by Crippen LogP contribution is -2.45. The Labute approximate surface area is 172 Å². The van der Waals surface area contributed by atoms with Crippen LogP contribution in [0.4, 0.5) is 4.39 Å². The highest BCUT2D eigenvalue weighted by atomic mass is 35.5. The number of hydrogen-bond acceptors (Lipinski definition) is 4. The minimum atomic E-state index is -0.355. The molecule has 2 saturated heterocycles. The molecule has 2 unspecified atom stereocenters. The maximum absolute atomic E-state index is 13.9. The van der Waals surface area contributed by atoms with Gasteiger partial charge in [0, 0.05) is 45.8 Å². The average molecular weight is 412 g/mol. The van der Waals surface area contributed by atoms with Crippen LogP contribution in [0, 0.1) is 11.7 Å². The van der Waals surface area contributed by atoms with Crippen molar-refractivity contribution in [3.05, 3.63) is 34.6 Å². The molecular weight excluding hydrogens is 381 g/mol. The Morgan fingerprint density at radius 3 is 2.79 bits per heavy atom. The van der Waals surface area contributed by atoms with E-state index in [-0.39, 0.29) is 16.9 Å². The van der Waals surface area contributed by atoms with E-state index >= 15 is 0 Å². The quantitative estimate of drug-likeness (QED) is 0.553. The Kier molecular flexibility index (Phi) is 7.91. The van der Waals surface area contributed by atoms with Gasteiger partial charge in [-0.25, -0.2) is 4.39 Å². The van der Waals surface area contributed by atoms with Crippen molar-refractivity contribution in [2.45, 2.75) is 12.5 Å². The minimum absolute atomic E-state index is 0.170. The van der Waals surface area contributed by atoms with E-state index in [1.54, 1.807) is 19.2 Å². The lowest BCUT2D eigenvalue weighted by molar-refractivity contribution is 0.0389. The van der Waals surface area contributed by atoms with E-state index in [0.717, 1.165) is 70.4 Å². The zero-order valence-electron chi connectivity index (χ0n) is 16.8. The van der Waals surface area contributed by atoms with Gasteiger partial charge < -0.3 is 15.4 Å². The van der Waals surface area contributed by atoms with Gasteiger partial charge in [0.05, 0.1) is 18.2 Å². The van der Waals surface area contributed by atoms with Crippen LogP contribution in [0.3, 0.4) is 0 Å². The number of hydrogen-bond donors (Lipinski definition) is 2. The first-order chi connectivity index (χ1) is 13.6. The summed E-state index contributed by atoms with van der Waals surface area (Å²) in [6.45, 7) is 7.20. The fourth-order valence-electron chi connectivity index (χ4n) is 4.07. The van der Waals surface area contributed by atoms with E-state index in [4.69, 9.17) is 16.3 Å². The zero-order valence-corrected chi connectivity index (χ0v) is 17.5. The zero-order chi connectivity index (χ0) is 19.9. The first kappa shape index (κ1) is 21.3. The highest BCUT2D eigenvalue weighted by Crippen LogP contribution is 2.36. The Balaban J connectivity index is 1.50. The lowest BCUT2D eigenvalue weighted by atomic mass is 9.93. The molecule has 3 rings (SSSR count). The molecule has 8 heteroatoms. The van der Waals surface area contributed by atoms with Crippen molar-refractivity contribution < 1.29 is 9.13 Å². The third kappa shape index (κ3) is 5.56. The van der Waals surface area contributed by atoms with Gasteiger partial charge in [0.1, 0.15) is 5.82 Å². The second-order valence-electron chi connectivity index (χ2n) is 7.48. The van der Waals surface area contributed by atoms with E-state index < -0.39 is 0 Å². The van der Waals surface area contributed by atoms with Gasteiger partial charge in [0.25, 0.3) is 0 Å². The van der Waals surface area contributed by atoms with Crippen LogP contribution in [0.1, 0.15) is 18.0 Å².